The van der Waals surface area contributed by atoms with Gasteiger partial charge in [0, 0.05) is 24.0 Å². The van der Waals surface area contributed by atoms with Crippen molar-refractivity contribution in [3.05, 3.63) is 94.8 Å². The molecule has 5 heteroatoms. The number of amides is 1. The maximum Gasteiger partial charge on any atom is 0.224 e. The second-order valence-electron chi connectivity index (χ2n) is 7.50. The predicted octanol–water partition coefficient (Wildman–Crippen LogP) is 6.85. The molecule has 0 fully saturated rings. The van der Waals surface area contributed by atoms with Crippen LogP contribution in [0.5, 0.6) is 0 Å². The molecule has 1 N–H and O–H groups in total. The normalized spacial score (nSPS) is 10.8. The smallest absolute Gasteiger partial charge is 0.224 e. The quantitative estimate of drug-likeness (QED) is 0.364. The van der Waals surface area contributed by atoms with Gasteiger partial charge in [0.2, 0.25) is 5.91 Å². The summed E-state index contributed by atoms with van der Waals surface area (Å²) in [5.41, 5.74) is 5.35. The molecular formula is C26H23ClN2O2. The van der Waals surface area contributed by atoms with Crippen molar-refractivity contribution in [3.63, 3.8) is 0 Å². The van der Waals surface area contributed by atoms with Gasteiger partial charge in [-0.3, -0.25) is 4.79 Å². The van der Waals surface area contributed by atoms with Gasteiger partial charge in [-0.05, 0) is 31.0 Å². The molecule has 4 aromatic rings. The number of anilines is 1. The van der Waals surface area contributed by atoms with Crippen LogP contribution in [0.1, 0.15) is 23.4 Å². The van der Waals surface area contributed by atoms with Gasteiger partial charge in [-0.15, -0.1) is 0 Å². The van der Waals surface area contributed by atoms with Crippen molar-refractivity contribution >= 4 is 23.2 Å². The number of halogens is 1. The van der Waals surface area contributed by atoms with E-state index in [4.69, 9.17) is 21.0 Å². The lowest BCUT2D eigenvalue weighted by molar-refractivity contribution is -0.116. The number of hydrogen-bond acceptors (Lipinski definition) is 3. The largest absolute Gasteiger partial charge is 0.440 e. The lowest BCUT2D eigenvalue weighted by Crippen LogP contribution is -2.13. The lowest BCUT2D eigenvalue weighted by atomic mass is 10.1. The third-order valence-corrected chi connectivity index (χ3v) is 5.31. The van der Waals surface area contributed by atoms with Crippen LogP contribution in [0.3, 0.4) is 0 Å². The first kappa shape index (κ1) is 20.9. The number of carbonyl (C=O) groups is 1. The van der Waals surface area contributed by atoms with Crippen LogP contribution in [-0.4, -0.2) is 10.9 Å². The van der Waals surface area contributed by atoms with Gasteiger partial charge in [0.05, 0.1) is 10.7 Å². The summed E-state index contributed by atoms with van der Waals surface area (Å²) in [6.45, 7) is 3.91. The minimum Gasteiger partial charge on any atom is -0.440 e. The fourth-order valence-electron chi connectivity index (χ4n) is 3.54. The maximum absolute atomic E-state index is 12.6. The van der Waals surface area contributed by atoms with Crippen molar-refractivity contribution in [2.24, 2.45) is 0 Å². The molecule has 1 amide bonds. The zero-order valence-electron chi connectivity index (χ0n) is 17.5. The summed E-state index contributed by atoms with van der Waals surface area (Å²) in [6, 6.07) is 23.6. The molecule has 0 radical (unpaired) electrons. The molecule has 0 atom stereocenters. The van der Waals surface area contributed by atoms with E-state index in [1.807, 2.05) is 86.6 Å². The average Bonchev–Trinajstić information content (AvgIpc) is 3.20. The summed E-state index contributed by atoms with van der Waals surface area (Å²) >= 11 is 6.31. The maximum atomic E-state index is 12.6. The number of aryl methyl sites for hydroxylation is 3. The Bertz CT molecular complexity index is 1120. The van der Waals surface area contributed by atoms with Gasteiger partial charge >= 0.3 is 0 Å². The fraction of sp³-hybridized carbons (Fsp3) is 0.154. The Morgan fingerprint density at radius 3 is 2.26 bits per heavy atom. The zero-order valence-corrected chi connectivity index (χ0v) is 18.2. The number of benzene rings is 3. The topological polar surface area (TPSA) is 55.1 Å². The summed E-state index contributed by atoms with van der Waals surface area (Å²) < 4.78 is 6.10. The van der Waals surface area contributed by atoms with Crippen molar-refractivity contribution in [2.75, 3.05) is 5.32 Å². The van der Waals surface area contributed by atoms with Gasteiger partial charge in [0.25, 0.3) is 0 Å². The highest BCUT2D eigenvalue weighted by Crippen LogP contribution is 2.33. The van der Waals surface area contributed by atoms with E-state index in [1.165, 1.54) is 0 Å². The van der Waals surface area contributed by atoms with Crippen LogP contribution in [0.2, 0.25) is 5.02 Å². The van der Waals surface area contributed by atoms with Gasteiger partial charge in [0.1, 0.15) is 5.69 Å². The first-order chi connectivity index (χ1) is 15.0. The van der Waals surface area contributed by atoms with E-state index in [0.717, 1.165) is 27.9 Å². The van der Waals surface area contributed by atoms with Crippen LogP contribution >= 0.6 is 11.6 Å². The number of nitrogens with one attached hydrogen (secondary N) is 1. The molecule has 0 aliphatic heterocycles. The molecule has 4 rings (SSSR count). The summed E-state index contributed by atoms with van der Waals surface area (Å²) in [5.74, 6) is 1.11. The number of aromatic nitrogens is 1. The van der Waals surface area contributed by atoms with E-state index in [9.17, 15) is 4.79 Å². The molecule has 1 aromatic heterocycles. The first-order valence-electron chi connectivity index (χ1n) is 10.2. The number of carbonyl (C=O) groups excluding carboxylic acids is 1. The molecule has 0 aliphatic rings. The number of nitrogens with zero attached hydrogens (tertiary/aromatic N) is 1. The Labute approximate surface area is 186 Å². The molecule has 0 saturated heterocycles. The first-order valence-corrected chi connectivity index (χ1v) is 10.6. The van der Waals surface area contributed by atoms with Crippen molar-refractivity contribution in [1.29, 1.82) is 0 Å². The highest BCUT2D eigenvalue weighted by Gasteiger charge is 2.18. The van der Waals surface area contributed by atoms with Gasteiger partial charge < -0.3 is 9.73 Å². The Balaban J connectivity index is 1.54. The number of hydrogen-bond donors (Lipinski definition) is 1. The molecule has 156 valence electrons. The molecule has 0 saturated carbocycles. The van der Waals surface area contributed by atoms with Crippen LogP contribution in [0.15, 0.2) is 77.2 Å². The highest BCUT2D eigenvalue weighted by molar-refractivity contribution is 6.34. The van der Waals surface area contributed by atoms with Crippen molar-refractivity contribution in [2.45, 2.75) is 26.7 Å². The Morgan fingerprint density at radius 1 is 0.968 bits per heavy atom. The molecule has 0 spiro atoms. The second-order valence-corrected chi connectivity index (χ2v) is 7.91. The molecule has 1 heterocycles. The van der Waals surface area contributed by atoms with E-state index >= 15 is 0 Å². The van der Waals surface area contributed by atoms with Crippen LogP contribution in [0.4, 0.5) is 5.69 Å². The summed E-state index contributed by atoms with van der Waals surface area (Å²) in [4.78, 5) is 17.3. The van der Waals surface area contributed by atoms with Crippen molar-refractivity contribution in [1.82, 2.24) is 4.98 Å². The molecule has 31 heavy (non-hydrogen) atoms. The molecule has 0 unspecified atom stereocenters. The lowest BCUT2D eigenvalue weighted by Gasteiger charge is -2.11. The number of oxazole rings is 1. The van der Waals surface area contributed by atoms with Crippen LogP contribution in [0, 0.1) is 13.8 Å². The average molecular weight is 431 g/mol. The van der Waals surface area contributed by atoms with Gasteiger partial charge in [0.15, 0.2) is 11.7 Å². The predicted molar refractivity (Wildman–Crippen MR) is 125 cm³/mol. The summed E-state index contributed by atoms with van der Waals surface area (Å²) in [7, 11) is 0. The molecule has 0 bridgehead atoms. The Hall–Kier alpha value is -3.37. The van der Waals surface area contributed by atoms with Crippen LogP contribution < -0.4 is 5.32 Å². The molecule has 3 aromatic carbocycles. The molecule has 0 aliphatic carbocycles. The van der Waals surface area contributed by atoms with Crippen molar-refractivity contribution < 1.29 is 9.21 Å². The van der Waals surface area contributed by atoms with E-state index in [-0.39, 0.29) is 12.3 Å². The molecular weight excluding hydrogens is 408 g/mol. The van der Waals surface area contributed by atoms with E-state index in [1.54, 1.807) is 0 Å². The van der Waals surface area contributed by atoms with Crippen LogP contribution in [-0.2, 0) is 11.2 Å². The SMILES string of the molecule is Cc1cc(C)c(NC(=O)CCc2nc(-c3ccccc3)c(-c3ccccc3)o2)c(Cl)c1. The van der Waals surface area contributed by atoms with E-state index in [2.05, 4.69) is 5.32 Å². The van der Waals surface area contributed by atoms with Crippen molar-refractivity contribution in [3.8, 4) is 22.6 Å². The standard InChI is InChI=1S/C26H23ClN2O2/c1-17-15-18(2)24(21(27)16-17)28-22(30)13-14-23-29-25(19-9-5-3-6-10-19)26(31-23)20-11-7-4-8-12-20/h3-12,15-16H,13-14H2,1-2H3,(H,28,30). The zero-order chi connectivity index (χ0) is 21.8. The van der Waals surface area contributed by atoms with Gasteiger partial charge in [-0.2, -0.15) is 0 Å². The van der Waals surface area contributed by atoms with E-state index in [0.29, 0.717) is 28.8 Å². The third-order valence-electron chi connectivity index (χ3n) is 5.02. The minimum absolute atomic E-state index is 0.130. The third kappa shape index (κ3) is 4.86. The minimum atomic E-state index is -0.130. The van der Waals surface area contributed by atoms with Gasteiger partial charge in [-0.25, -0.2) is 4.98 Å². The highest BCUT2D eigenvalue weighted by atomic mass is 35.5. The number of rotatable bonds is 6. The molecule has 4 nitrogen and oxygen atoms in total. The van der Waals surface area contributed by atoms with E-state index < -0.39 is 0 Å². The Kier molecular flexibility index (Phi) is 6.19. The fourth-order valence-corrected chi connectivity index (χ4v) is 3.91. The summed E-state index contributed by atoms with van der Waals surface area (Å²) in [5, 5.41) is 3.46. The van der Waals surface area contributed by atoms with Crippen LogP contribution in [0.25, 0.3) is 22.6 Å². The summed E-state index contributed by atoms with van der Waals surface area (Å²) in [6.07, 6.45) is 0.633. The van der Waals surface area contributed by atoms with Gasteiger partial charge in [-0.1, -0.05) is 78.3 Å². The second kappa shape index (κ2) is 9.19. The Morgan fingerprint density at radius 2 is 1.61 bits per heavy atom. The monoisotopic (exact) mass is 430 g/mol.